The maximum absolute atomic E-state index is 5.64. The third-order valence-corrected chi connectivity index (χ3v) is 2.63. The fourth-order valence-corrected chi connectivity index (χ4v) is 1.41. The quantitative estimate of drug-likeness (QED) is 0.800. The summed E-state index contributed by atoms with van der Waals surface area (Å²) < 4.78 is 5.64. The normalized spacial score (nSPS) is 17.3. The summed E-state index contributed by atoms with van der Waals surface area (Å²) in [4.78, 5) is 4.32. The number of nitrogens with one attached hydrogen (secondary N) is 1. The van der Waals surface area contributed by atoms with Crippen molar-refractivity contribution in [3.05, 3.63) is 23.9 Å². The highest BCUT2D eigenvalue weighted by Gasteiger charge is 2.19. The van der Waals surface area contributed by atoms with Gasteiger partial charge < -0.3 is 10.1 Å². The lowest BCUT2D eigenvalue weighted by Gasteiger charge is -2.27. The number of aromatic nitrogens is 1. The van der Waals surface area contributed by atoms with E-state index < -0.39 is 0 Å². The second kappa shape index (κ2) is 3.81. The maximum atomic E-state index is 5.64. The van der Waals surface area contributed by atoms with Crippen molar-refractivity contribution in [3.63, 3.8) is 0 Å². The lowest BCUT2D eigenvalue weighted by molar-refractivity contribution is 0.136. The Hall–Kier alpha value is -1.09. The van der Waals surface area contributed by atoms with Crippen molar-refractivity contribution in [2.45, 2.75) is 32.3 Å². The molecule has 3 nitrogen and oxygen atoms in total. The van der Waals surface area contributed by atoms with Gasteiger partial charge in [-0.05, 0) is 11.0 Å². The highest BCUT2D eigenvalue weighted by molar-refractivity contribution is 5.23. The molecule has 1 N–H and O–H groups in total. The van der Waals surface area contributed by atoms with Gasteiger partial charge in [-0.1, -0.05) is 26.8 Å². The van der Waals surface area contributed by atoms with Gasteiger partial charge in [-0.15, -0.1) is 0 Å². The predicted octanol–water partition coefficient (Wildman–Crippen LogP) is 1.73. The molecule has 0 amide bonds. The second-order valence-electron chi connectivity index (χ2n) is 5.03. The zero-order valence-corrected chi connectivity index (χ0v) is 9.58. The van der Waals surface area contributed by atoms with E-state index in [1.807, 2.05) is 12.3 Å². The molecule has 0 aliphatic carbocycles. The molecule has 2 rings (SSSR count). The van der Waals surface area contributed by atoms with Crippen molar-refractivity contribution in [2.75, 3.05) is 13.1 Å². The standard InChI is InChI=1S/C12H18N2O/c1-12(2,3)9-4-5-11(14-6-9)15-10-7-13-8-10/h4-6,10,13H,7-8H2,1-3H3. The number of rotatable bonds is 2. The Morgan fingerprint density at radius 1 is 1.33 bits per heavy atom. The molecule has 0 spiro atoms. The summed E-state index contributed by atoms with van der Waals surface area (Å²) in [7, 11) is 0. The van der Waals surface area contributed by atoms with Crippen LogP contribution in [0.4, 0.5) is 0 Å². The van der Waals surface area contributed by atoms with Crippen molar-refractivity contribution in [1.29, 1.82) is 0 Å². The first-order valence-electron chi connectivity index (χ1n) is 5.39. The highest BCUT2D eigenvalue weighted by Crippen LogP contribution is 2.22. The third kappa shape index (κ3) is 2.48. The zero-order valence-electron chi connectivity index (χ0n) is 9.58. The molecule has 0 aromatic carbocycles. The number of nitrogens with zero attached hydrogens (tertiary/aromatic N) is 1. The Labute approximate surface area is 90.9 Å². The van der Waals surface area contributed by atoms with Gasteiger partial charge in [0.2, 0.25) is 5.88 Å². The lowest BCUT2D eigenvalue weighted by atomic mass is 9.88. The number of hydrogen-bond acceptors (Lipinski definition) is 3. The molecule has 1 aromatic heterocycles. The van der Waals surface area contributed by atoms with Gasteiger partial charge in [0.05, 0.1) is 0 Å². The summed E-state index contributed by atoms with van der Waals surface area (Å²) in [6.07, 6.45) is 2.21. The van der Waals surface area contributed by atoms with E-state index >= 15 is 0 Å². The van der Waals surface area contributed by atoms with Crippen LogP contribution in [0.1, 0.15) is 26.3 Å². The van der Waals surface area contributed by atoms with Crippen LogP contribution in [-0.4, -0.2) is 24.2 Å². The molecular weight excluding hydrogens is 188 g/mol. The minimum Gasteiger partial charge on any atom is -0.472 e. The Bertz CT molecular complexity index is 322. The summed E-state index contributed by atoms with van der Waals surface area (Å²) in [6.45, 7) is 8.41. The van der Waals surface area contributed by atoms with Gasteiger partial charge in [-0.2, -0.15) is 0 Å². The Morgan fingerprint density at radius 3 is 2.47 bits per heavy atom. The Kier molecular flexibility index (Phi) is 2.65. The van der Waals surface area contributed by atoms with Gasteiger partial charge in [0.25, 0.3) is 0 Å². The van der Waals surface area contributed by atoms with E-state index in [0.717, 1.165) is 19.0 Å². The van der Waals surface area contributed by atoms with E-state index in [9.17, 15) is 0 Å². The van der Waals surface area contributed by atoms with Crippen LogP contribution < -0.4 is 10.1 Å². The zero-order chi connectivity index (χ0) is 10.9. The van der Waals surface area contributed by atoms with Gasteiger partial charge in [0.15, 0.2) is 0 Å². The monoisotopic (exact) mass is 206 g/mol. The molecule has 3 heteroatoms. The fourth-order valence-electron chi connectivity index (χ4n) is 1.41. The molecule has 1 fully saturated rings. The van der Waals surface area contributed by atoms with Crippen LogP contribution in [0, 0.1) is 0 Å². The number of hydrogen-bond donors (Lipinski definition) is 1. The van der Waals surface area contributed by atoms with E-state index in [-0.39, 0.29) is 5.41 Å². The van der Waals surface area contributed by atoms with Crippen LogP contribution >= 0.6 is 0 Å². The highest BCUT2D eigenvalue weighted by atomic mass is 16.5. The minimum atomic E-state index is 0.156. The van der Waals surface area contributed by atoms with Gasteiger partial charge in [0.1, 0.15) is 6.10 Å². The van der Waals surface area contributed by atoms with E-state index in [0.29, 0.717) is 6.10 Å². The van der Waals surface area contributed by atoms with Gasteiger partial charge in [-0.25, -0.2) is 4.98 Å². The molecule has 1 saturated heterocycles. The fraction of sp³-hybridized carbons (Fsp3) is 0.583. The van der Waals surface area contributed by atoms with Gasteiger partial charge in [-0.3, -0.25) is 0 Å². The molecule has 0 atom stereocenters. The first-order valence-corrected chi connectivity index (χ1v) is 5.39. The Morgan fingerprint density at radius 2 is 2.07 bits per heavy atom. The molecule has 0 saturated carbocycles. The van der Waals surface area contributed by atoms with Crippen LogP contribution in [0.5, 0.6) is 5.88 Å². The summed E-state index contributed by atoms with van der Waals surface area (Å²) >= 11 is 0. The second-order valence-corrected chi connectivity index (χ2v) is 5.03. The number of pyridine rings is 1. The Balaban J connectivity index is 2.03. The summed E-state index contributed by atoms with van der Waals surface area (Å²) in [5, 5.41) is 3.16. The van der Waals surface area contributed by atoms with Crippen molar-refractivity contribution in [2.24, 2.45) is 0 Å². The molecule has 1 aliphatic rings. The van der Waals surface area contributed by atoms with Crippen molar-refractivity contribution >= 4 is 0 Å². The molecule has 15 heavy (non-hydrogen) atoms. The van der Waals surface area contributed by atoms with E-state index in [2.05, 4.69) is 37.1 Å². The van der Waals surface area contributed by atoms with Gasteiger partial charge >= 0.3 is 0 Å². The molecule has 1 aliphatic heterocycles. The molecule has 82 valence electrons. The first-order chi connectivity index (χ1) is 7.05. The predicted molar refractivity (Wildman–Crippen MR) is 60.2 cm³/mol. The van der Waals surface area contributed by atoms with E-state index in [1.165, 1.54) is 5.56 Å². The molecule has 0 bridgehead atoms. The topological polar surface area (TPSA) is 34.1 Å². The van der Waals surface area contributed by atoms with Crippen LogP contribution in [0.25, 0.3) is 0 Å². The van der Waals surface area contributed by atoms with Crippen LogP contribution in [0.3, 0.4) is 0 Å². The average Bonchev–Trinajstić information content (AvgIpc) is 2.11. The van der Waals surface area contributed by atoms with E-state index in [4.69, 9.17) is 4.74 Å². The van der Waals surface area contributed by atoms with Crippen molar-refractivity contribution in [3.8, 4) is 5.88 Å². The van der Waals surface area contributed by atoms with Crippen LogP contribution in [-0.2, 0) is 5.41 Å². The minimum absolute atomic E-state index is 0.156. The smallest absolute Gasteiger partial charge is 0.213 e. The van der Waals surface area contributed by atoms with Crippen LogP contribution in [0.2, 0.25) is 0 Å². The summed E-state index contributed by atoms with van der Waals surface area (Å²) in [6, 6.07) is 4.05. The van der Waals surface area contributed by atoms with E-state index in [1.54, 1.807) is 0 Å². The lowest BCUT2D eigenvalue weighted by Crippen LogP contribution is -2.50. The molecular formula is C12H18N2O. The molecule has 0 unspecified atom stereocenters. The first kappa shape index (κ1) is 10.4. The summed E-state index contributed by atoms with van der Waals surface area (Å²) in [5.74, 6) is 0.731. The molecule has 1 aromatic rings. The molecule has 0 radical (unpaired) electrons. The summed E-state index contributed by atoms with van der Waals surface area (Å²) in [5.41, 5.74) is 1.39. The van der Waals surface area contributed by atoms with Gasteiger partial charge in [0, 0.05) is 25.4 Å². The molecule has 2 heterocycles. The average molecular weight is 206 g/mol. The maximum Gasteiger partial charge on any atom is 0.213 e. The third-order valence-electron chi connectivity index (χ3n) is 2.63. The SMILES string of the molecule is CC(C)(C)c1ccc(OC2CNC2)nc1. The van der Waals surface area contributed by atoms with Crippen LogP contribution in [0.15, 0.2) is 18.3 Å². The largest absolute Gasteiger partial charge is 0.472 e. The van der Waals surface area contributed by atoms with Crippen molar-refractivity contribution in [1.82, 2.24) is 10.3 Å². The number of ether oxygens (including phenoxy) is 1. The van der Waals surface area contributed by atoms with Crippen molar-refractivity contribution < 1.29 is 4.74 Å².